The largest absolute Gasteiger partial charge is 0.411 e. The predicted octanol–water partition coefficient (Wildman–Crippen LogP) is 1.85. The Hall–Kier alpha value is -1.78. The van der Waals surface area contributed by atoms with Crippen LogP contribution in [0.2, 0.25) is 0 Å². The van der Waals surface area contributed by atoms with E-state index in [1.54, 1.807) is 12.1 Å². The molecule has 1 aromatic carbocycles. The van der Waals surface area contributed by atoms with Crippen molar-refractivity contribution in [3.8, 4) is 0 Å². The zero-order valence-electron chi connectivity index (χ0n) is 14.4. The summed E-state index contributed by atoms with van der Waals surface area (Å²) >= 11 is 0. The highest BCUT2D eigenvalue weighted by atomic mass is 32.2. The van der Waals surface area contributed by atoms with Gasteiger partial charge in [-0.25, -0.2) is 16.8 Å². The SMILES string of the molecule is CC[C@@H](C)[C@H](NS(=O)(=O)c1ccc(C)cc1)c1nnc(S(C)(=O)=O)o1. The molecule has 2 atom stereocenters. The van der Waals surface area contributed by atoms with E-state index < -0.39 is 31.1 Å². The number of hydrogen-bond donors (Lipinski definition) is 1. The molecule has 0 bridgehead atoms. The highest BCUT2D eigenvalue weighted by Crippen LogP contribution is 2.26. The third-order valence-corrected chi connectivity index (χ3v) is 6.09. The van der Waals surface area contributed by atoms with Gasteiger partial charge < -0.3 is 4.42 Å². The van der Waals surface area contributed by atoms with Crippen LogP contribution in [-0.4, -0.2) is 33.3 Å². The van der Waals surface area contributed by atoms with E-state index in [1.807, 2.05) is 20.8 Å². The monoisotopic (exact) mass is 387 g/mol. The molecule has 2 rings (SSSR count). The average Bonchev–Trinajstić information content (AvgIpc) is 3.02. The summed E-state index contributed by atoms with van der Waals surface area (Å²) in [6.45, 7) is 5.55. The van der Waals surface area contributed by atoms with Gasteiger partial charge in [-0.15, -0.1) is 5.10 Å². The maximum absolute atomic E-state index is 12.6. The van der Waals surface area contributed by atoms with Crippen LogP contribution in [0.4, 0.5) is 0 Å². The van der Waals surface area contributed by atoms with E-state index in [0.29, 0.717) is 6.42 Å². The molecule has 0 aliphatic rings. The lowest BCUT2D eigenvalue weighted by molar-refractivity contribution is 0.312. The Labute approximate surface area is 147 Å². The minimum Gasteiger partial charge on any atom is -0.411 e. The molecule has 0 amide bonds. The summed E-state index contributed by atoms with van der Waals surface area (Å²) < 4.78 is 56.0. The van der Waals surface area contributed by atoms with Gasteiger partial charge in [0.15, 0.2) is 0 Å². The quantitative estimate of drug-likeness (QED) is 0.770. The van der Waals surface area contributed by atoms with Crippen molar-refractivity contribution in [2.45, 2.75) is 43.4 Å². The highest BCUT2D eigenvalue weighted by molar-refractivity contribution is 7.90. The van der Waals surface area contributed by atoms with Gasteiger partial charge in [-0.05, 0) is 25.0 Å². The van der Waals surface area contributed by atoms with Gasteiger partial charge in [0, 0.05) is 6.26 Å². The Morgan fingerprint density at radius 1 is 1.12 bits per heavy atom. The third-order valence-electron chi connectivity index (χ3n) is 3.83. The third kappa shape index (κ3) is 4.65. The molecule has 0 spiro atoms. The minimum absolute atomic E-state index is 0.0783. The molecule has 1 N–H and O–H groups in total. The molecule has 1 aromatic heterocycles. The average molecular weight is 387 g/mol. The van der Waals surface area contributed by atoms with Gasteiger partial charge in [0.05, 0.1) is 4.90 Å². The lowest BCUT2D eigenvalue weighted by Crippen LogP contribution is -2.32. The molecule has 10 heteroatoms. The number of aromatic nitrogens is 2. The molecule has 0 fully saturated rings. The molecule has 2 aromatic rings. The maximum Gasteiger partial charge on any atom is 0.335 e. The molecule has 0 radical (unpaired) electrons. The summed E-state index contributed by atoms with van der Waals surface area (Å²) in [7, 11) is -7.50. The molecule has 138 valence electrons. The van der Waals surface area contributed by atoms with Crippen LogP contribution in [0.3, 0.4) is 0 Å². The number of hydrogen-bond acceptors (Lipinski definition) is 7. The second-order valence-corrected chi connectivity index (χ2v) is 9.58. The van der Waals surface area contributed by atoms with Crippen molar-refractivity contribution in [2.24, 2.45) is 5.92 Å². The van der Waals surface area contributed by atoms with Crippen LogP contribution in [0.25, 0.3) is 0 Å². The molecule has 0 saturated carbocycles. The standard InChI is InChI=1S/C15H21N3O5S2/c1-5-11(3)13(14-16-17-15(23-14)24(4,19)20)18-25(21,22)12-8-6-10(2)7-9-12/h6-9,11,13,18H,5H2,1-4H3/t11-,13+/m1/s1. The maximum atomic E-state index is 12.6. The van der Waals surface area contributed by atoms with Crippen LogP contribution in [0.5, 0.6) is 0 Å². The summed E-state index contributed by atoms with van der Waals surface area (Å²) in [6.07, 6.45) is 1.57. The summed E-state index contributed by atoms with van der Waals surface area (Å²) in [5.41, 5.74) is 0.937. The normalized spacial score (nSPS) is 15.0. The van der Waals surface area contributed by atoms with E-state index in [-0.39, 0.29) is 16.7 Å². The van der Waals surface area contributed by atoms with E-state index in [9.17, 15) is 16.8 Å². The van der Waals surface area contributed by atoms with Crippen molar-refractivity contribution in [3.05, 3.63) is 35.7 Å². The molecule has 0 aliphatic heterocycles. The first-order valence-corrected chi connectivity index (χ1v) is 11.0. The van der Waals surface area contributed by atoms with E-state index in [0.717, 1.165) is 11.8 Å². The van der Waals surface area contributed by atoms with Crippen LogP contribution in [0.1, 0.15) is 37.8 Å². The molecule has 0 saturated heterocycles. The van der Waals surface area contributed by atoms with E-state index in [4.69, 9.17) is 4.42 Å². The lowest BCUT2D eigenvalue weighted by atomic mass is 10.0. The van der Waals surface area contributed by atoms with E-state index in [1.165, 1.54) is 12.1 Å². The first-order chi connectivity index (χ1) is 11.5. The van der Waals surface area contributed by atoms with E-state index in [2.05, 4.69) is 14.9 Å². The van der Waals surface area contributed by atoms with Crippen LogP contribution in [-0.2, 0) is 19.9 Å². The van der Waals surface area contributed by atoms with Crippen LogP contribution < -0.4 is 4.72 Å². The van der Waals surface area contributed by atoms with Crippen molar-refractivity contribution in [3.63, 3.8) is 0 Å². The topological polar surface area (TPSA) is 119 Å². The van der Waals surface area contributed by atoms with Crippen molar-refractivity contribution in [1.82, 2.24) is 14.9 Å². The second kappa shape index (κ2) is 7.22. The van der Waals surface area contributed by atoms with Gasteiger partial charge >= 0.3 is 5.22 Å². The Bertz CT molecular complexity index is 934. The van der Waals surface area contributed by atoms with Crippen LogP contribution in [0, 0.1) is 12.8 Å². The zero-order valence-corrected chi connectivity index (χ0v) is 16.1. The van der Waals surface area contributed by atoms with Crippen LogP contribution in [0.15, 0.2) is 38.8 Å². The number of nitrogens with zero attached hydrogens (tertiary/aromatic N) is 2. The molecular formula is C15H21N3O5S2. The van der Waals surface area contributed by atoms with Crippen molar-refractivity contribution in [1.29, 1.82) is 0 Å². The summed E-state index contributed by atoms with van der Waals surface area (Å²) in [6, 6.07) is 5.56. The number of rotatable bonds is 7. The number of sulfonamides is 1. The first-order valence-electron chi connectivity index (χ1n) is 7.67. The molecule has 1 heterocycles. The summed E-state index contributed by atoms with van der Waals surface area (Å²) in [4.78, 5) is 0.106. The Morgan fingerprint density at radius 2 is 1.72 bits per heavy atom. The number of benzene rings is 1. The van der Waals surface area contributed by atoms with Gasteiger partial charge in [0.1, 0.15) is 6.04 Å². The van der Waals surface area contributed by atoms with Gasteiger partial charge in [-0.3, -0.25) is 0 Å². The summed E-state index contributed by atoms with van der Waals surface area (Å²) in [5, 5.41) is 6.68. The fourth-order valence-electron chi connectivity index (χ4n) is 2.09. The fourth-order valence-corrected chi connectivity index (χ4v) is 3.82. The van der Waals surface area contributed by atoms with Gasteiger partial charge in [-0.1, -0.05) is 43.1 Å². The van der Waals surface area contributed by atoms with E-state index >= 15 is 0 Å². The zero-order chi connectivity index (χ0) is 18.8. The first kappa shape index (κ1) is 19.5. The summed E-state index contributed by atoms with van der Waals surface area (Å²) in [5.74, 6) is -0.265. The highest BCUT2D eigenvalue weighted by Gasteiger charge is 2.31. The molecule has 0 unspecified atom stereocenters. The predicted molar refractivity (Wildman–Crippen MR) is 91.1 cm³/mol. The van der Waals surface area contributed by atoms with Crippen molar-refractivity contribution < 1.29 is 21.3 Å². The molecule has 0 aliphatic carbocycles. The van der Waals surface area contributed by atoms with Gasteiger partial charge in [0.2, 0.25) is 25.8 Å². The Morgan fingerprint density at radius 3 is 2.20 bits per heavy atom. The molecule has 8 nitrogen and oxygen atoms in total. The smallest absolute Gasteiger partial charge is 0.335 e. The second-order valence-electron chi connectivity index (χ2n) is 5.98. The molecular weight excluding hydrogens is 366 g/mol. The van der Waals surface area contributed by atoms with Crippen molar-refractivity contribution in [2.75, 3.05) is 6.26 Å². The number of sulfone groups is 1. The molecule has 25 heavy (non-hydrogen) atoms. The fraction of sp³-hybridized carbons (Fsp3) is 0.467. The van der Waals surface area contributed by atoms with Crippen LogP contribution >= 0.6 is 0 Å². The minimum atomic E-state index is -3.83. The Kier molecular flexibility index (Phi) is 5.65. The number of nitrogens with one attached hydrogen (secondary N) is 1. The van der Waals surface area contributed by atoms with Crippen molar-refractivity contribution >= 4 is 19.9 Å². The van der Waals surface area contributed by atoms with Gasteiger partial charge in [-0.2, -0.15) is 4.72 Å². The number of aryl methyl sites for hydroxylation is 1. The Balaban J connectivity index is 2.38. The van der Waals surface area contributed by atoms with Gasteiger partial charge in [0.25, 0.3) is 0 Å². The lowest BCUT2D eigenvalue weighted by Gasteiger charge is -2.20.